The summed E-state index contributed by atoms with van der Waals surface area (Å²) in [7, 11) is -2.19. The van der Waals surface area contributed by atoms with Gasteiger partial charge in [0.2, 0.25) is 0 Å². The van der Waals surface area contributed by atoms with Crippen LogP contribution in [0.15, 0.2) is 52.4 Å². The van der Waals surface area contributed by atoms with Gasteiger partial charge in [0.1, 0.15) is 10.6 Å². The molecule has 2 heterocycles. The first kappa shape index (κ1) is 17.0. The molecule has 8 nitrogen and oxygen atoms in total. The van der Waals surface area contributed by atoms with Gasteiger partial charge in [-0.25, -0.2) is 13.1 Å². The fourth-order valence-electron chi connectivity index (χ4n) is 2.54. The molecule has 0 bridgehead atoms. The summed E-state index contributed by atoms with van der Waals surface area (Å²) >= 11 is 0. The third-order valence-corrected chi connectivity index (χ3v) is 5.34. The third kappa shape index (κ3) is 2.98. The first-order valence-corrected chi connectivity index (χ1v) is 9.22. The van der Waals surface area contributed by atoms with Crippen LogP contribution in [0.3, 0.4) is 0 Å². The highest BCUT2D eigenvalue weighted by molar-refractivity contribution is 7.92. The molecule has 0 fully saturated rings. The topological polar surface area (TPSA) is 90.9 Å². The number of rotatable bonds is 5. The van der Waals surface area contributed by atoms with E-state index in [1.165, 1.54) is 21.8 Å². The molecule has 2 aromatic heterocycles. The minimum Gasteiger partial charge on any atom is -0.283 e. The molecule has 1 N–H and O–H groups in total. The van der Waals surface area contributed by atoms with Crippen LogP contribution in [0.25, 0.3) is 5.69 Å². The molecule has 0 spiro atoms. The first-order valence-electron chi connectivity index (χ1n) is 7.74. The van der Waals surface area contributed by atoms with E-state index < -0.39 is 15.6 Å². The second-order valence-corrected chi connectivity index (χ2v) is 7.26. The summed E-state index contributed by atoms with van der Waals surface area (Å²) in [6.07, 6.45) is 2.69. The van der Waals surface area contributed by atoms with Gasteiger partial charge in [-0.15, -0.1) is 0 Å². The van der Waals surface area contributed by atoms with Crippen molar-refractivity contribution in [1.82, 2.24) is 19.1 Å². The predicted molar refractivity (Wildman–Crippen MR) is 94.5 cm³/mol. The van der Waals surface area contributed by atoms with E-state index >= 15 is 0 Å². The molecule has 132 valence electrons. The van der Waals surface area contributed by atoms with E-state index in [1.807, 2.05) is 25.1 Å². The van der Waals surface area contributed by atoms with Crippen molar-refractivity contribution in [3.63, 3.8) is 0 Å². The summed E-state index contributed by atoms with van der Waals surface area (Å²) in [6, 6.07) is 9.04. The zero-order valence-corrected chi connectivity index (χ0v) is 15.0. The van der Waals surface area contributed by atoms with E-state index in [-0.39, 0.29) is 10.6 Å². The van der Waals surface area contributed by atoms with Crippen LogP contribution in [-0.2, 0) is 23.6 Å². The van der Waals surface area contributed by atoms with E-state index in [1.54, 1.807) is 30.8 Å². The van der Waals surface area contributed by atoms with Crippen LogP contribution in [0.2, 0.25) is 0 Å². The number of hydrogen-bond acceptors (Lipinski definition) is 4. The Balaban J connectivity index is 2.06. The molecule has 0 saturated carbocycles. The number of aromatic nitrogens is 4. The Morgan fingerprint density at radius 2 is 1.88 bits per heavy atom. The number of aryl methyl sites for hydroxylation is 1. The molecule has 0 amide bonds. The Morgan fingerprint density at radius 3 is 2.48 bits per heavy atom. The smallest absolute Gasteiger partial charge is 0.283 e. The number of hydrogen-bond donors (Lipinski definition) is 1. The summed E-state index contributed by atoms with van der Waals surface area (Å²) in [4.78, 5) is 12.8. The Morgan fingerprint density at radius 1 is 1.20 bits per heavy atom. The summed E-state index contributed by atoms with van der Waals surface area (Å²) in [5.74, 6) is 0. The molecule has 0 aliphatic carbocycles. The molecule has 0 atom stereocenters. The molecule has 0 aliphatic rings. The SMILES string of the molecule is CCn1cc(S(=O)(=O)Nc2c(C)n(C)n(-c3ccccc3)c2=O)cn1. The van der Waals surface area contributed by atoms with E-state index in [9.17, 15) is 13.2 Å². The number of para-hydroxylation sites is 1. The lowest BCUT2D eigenvalue weighted by atomic mass is 10.3. The molecule has 3 aromatic rings. The molecule has 0 radical (unpaired) electrons. The average Bonchev–Trinajstić information content (AvgIpc) is 3.16. The van der Waals surface area contributed by atoms with Gasteiger partial charge >= 0.3 is 0 Å². The van der Waals surface area contributed by atoms with Crippen LogP contribution in [0, 0.1) is 6.92 Å². The van der Waals surface area contributed by atoms with Crippen LogP contribution >= 0.6 is 0 Å². The van der Waals surface area contributed by atoms with Crippen molar-refractivity contribution in [2.45, 2.75) is 25.3 Å². The Hall–Kier alpha value is -2.81. The van der Waals surface area contributed by atoms with Crippen molar-refractivity contribution in [3.8, 4) is 5.69 Å². The fraction of sp³-hybridized carbons (Fsp3) is 0.250. The molecule has 25 heavy (non-hydrogen) atoms. The van der Waals surface area contributed by atoms with Gasteiger partial charge in [-0.1, -0.05) is 18.2 Å². The van der Waals surface area contributed by atoms with Crippen molar-refractivity contribution in [3.05, 3.63) is 58.8 Å². The minimum absolute atomic E-state index is 0.0169. The van der Waals surface area contributed by atoms with E-state index in [0.29, 0.717) is 17.9 Å². The number of benzene rings is 1. The highest BCUT2D eigenvalue weighted by Gasteiger charge is 2.23. The standard InChI is InChI=1S/C16H19N5O3S/c1-4-20-11-14(10-17-20)25(23,24)18-15-12(2)19(3)21(16(15)22)13-8-6-5-7-9-13/h5-11,18H,4H2,1-3H3. The lowest BCUT2D eigenvalue weighted by Crippen LogP contribution is -2.23. The van der Waals surface area contributed by atoms with E-state index in [4.69, 9.17) is 0 Å². The third-order valence-electron chi connectivity index (χ3n) is 4.03. The van der Waals surface area contributed by atoms with Crippen molar-refractivity contribution in [2.75, 3.05) is 4.72 Å². The van der Waals surface area contributed by atoms with Crippen molar-refractivity contribution in [1.29, 1.82) is 0 Å². The zero-order valence-electron chi connectivity index (χ0n) is 14.2. The molecule has 9 heteroatoms. The van der Waals surface area contributed by atoms with E-state index in [0.717, 1.165) is 0 Å². The Kier molecular flexibility index (Phi) is 4.25. The monoisotopic (exact) mass is 361 g/mol. The van der Waals surface area contributed by atoms with Gasteiger partial charge in [0, 0.05) is 19.8 Å². The number of sulfonamides is 1. The van der Waals surface area contributed by atoms with Gasteiger partial charge in [0.05, 0.1) is 17.6 Å². The van der Waals surface area contributed by atoms with Crippen LogP contribution < -0.4 is 10.3 Å². The van der Waals surface area contributed by atoms with Crippen LogP contribution in [0.1, 0.15) is 12.6 Å². The molecular weight excluding hydrogens is 342 g/mol. The summed E-state index contributed by atoms with van der Waals surface area (Å²) in [5.41, 5.74) is 0.760. The quantitative estimate of drug-likeness (QED) is 0.746. The molecule has 1 aromatic carbocycles. The van der Waals surface area contributed by atoms with Crippen LogP contribution in [0.4, 0.5) is 5.69 Å². The van der Waals surface area contributed by atoms with Crippen LogP contribution in [0.5, 0.6) is 0 Å². The summed E-state index contributed by atoms with van der Waals surface area (Å²) in [6.45, 7) is 4.10. The maximum absolute atomic E-state index is 12.8. The minimum atomic E-state index is -3.89. The fourth-order valence-corrected chi connectivity index (χ4v) is 3.60. The number of anilines is 1. The zero-order chi connectivity index (χ0) is 18.2. The van der Waals surface area contributed by atoms with Crippen molar-refractivity contribution >= 4 is 15.7 Å². The lowest BCUT2D eigenvalue weighted by molar-refractivity contribution is 0.600. The molecule has 3 rings (SSSR count). The Bertz CT molecular complexity index is 1060. The molecule has 0 aliphatic heterocycles. The maximum Gasteiger partial charge on any atom is 0.296 e. The molecular formula is C16H19N5O3S. The van der Waals surface area contributed by atoms with Gasteiger partial charge in [-0.3, -0.25) is 18.9 Å². The van der Waals surface area contributed by atoms with Crippen molar-refractivity contribution < 1.29 is 8.42 Å². The normalized spacial score (nSPS) is 11.6. The summed E-state index contributed by atoms with van der Waals surface area (Å²) < 4.78 is 32.1. The van der Waals surface area contributed by atoms with Crippen LogP contribution in [-0.4, -0.2) is 27.6 Å². The van der Waals surface area contributed by atoms with Gasteiger partial charge in [-0.05, 0) is 26.0 Å². The predicted octanol–water partition coefficient (Wildman–Crippen LogP) is 1.50. The van der Waals surface area contributed by atoms with E-state index in [2.05, 4.69) is 9.82 Å². The lowest BCUT2D eigenvalue weighted by Gasteiger charge is -2.07. The van der Waals surface area contributed by atoms with Gasteiger partial charge < -0.3 is 0 Å². The van der Waals surface area contributed by atoms with Gasteiger partial charge in [-0.2, -0.15) is 5.10 Å². The largest absolute Gasteiger partial charge is 0.296 e. The highest BCUT2D eigenvalue weighted by atomic mass is 32.2. The highest BCUT2D eigenvalue weighted by Crippen LogP contribution is 2.18. The van der Waals surface area contributed by atoms with Gasteiger partial charge in [0.15, 0.2) is 0 Å². The molecule has 0 unspecified atom stereocenters. The Labute approximate surface area is 145 Å². The second kappa shape index (κ2) is 6.25. The van der Waals surface area contributed by atoms with Crippen molar-refractivity contribution in [2.24, 2.45) is 7.05 Å². The summed E-state index contributed by atoms with van der Waals surface area (Å²) in [5, 5.41) is 3.97. The number of nitrogens with one attached hydrogen (secondary N) is 1. The average molecular weight is 361 g/mol. The molecule has 0 saturated heterocycles. The first-order chi connectivity index (χ1) is 11.8. The van der Waals surface area contributed by atoms with Gasteiger partial charge in [0.25, 0.3) is 15.6 Å². The second-order valence-electron chi connectivity index (χ2n) is 5.57. The number of nitrogens with zero attached hydrogens (tertiary/aromatic N) is 4. The maximum atomic E-state index is 12.8.